The largest absolute Gasteiger partial charge is 0.359 e. The smallest absolute Gasteiger partial charge is 0.221 e. The van der Waals surface area contributed by atoms with Crippen LogP contribution in [0.2, 0.25) is 0 Å². The van der Waals surface area contributed by atoms with E-state index in [1.54, 1.807) is 25.2 Å². The van der Waals surface area contributed by atoms with Crippen molar-refractivity contribution in [1.82, 2.24) is 5.32 Å². The zero-order valence-corrected chi connectivity index (χ0v) is 8.66. The summed E-state index contributed by atoms with van der Waals surface area (Å²) >= 11 is 0. The standard InChI is InChI=1S/C11H15FN2O/c1-14-11(15)7-9(13)6-8-4-2-3-5-10(8)12/h2-5,9H,6-7,13H2,1H3,(H,14,15). The highest BCUT2D eigenvalue weighted by Gasteiger charge is 2.10. The molecule has 0 saturated heterocycles. The molecule has 0 aromatic heterocycles. The maximum atomic E-state index is 13.2. The van der Waals surface area contributed by atoms with Gasteiger partial charge in [0.15, 0.2) is 0 Å². The summed E-state index contributed by atoms with van der Waals surface area (Å²) in [5, 5.41) is 2.48. The number of carbonyl (C=O) groups is 1. The SMILES string of the molecule is CNC(=O)CC(N)Cc1ccccc1F. The zero-order valence-electron chi connectivity index (χ0n) is 8.66. The molecule has 0 heterocycles. The number of nitrogens with two attached hydrogens (primary N) is 1. The van der Waals surface area contributed by atoms with Gasteiger partial charge >= 0.3 is 0 Å². The molecule has 0 aliphatic rings. The summed E-state index contributed by atoms with van der Waals surface area (Å²) in [5.41, 5.74) is 6.27. The Morgan fingerprint density at radius 2 is 2.20 bits per heavy atom. The van der Waals surface area contributed by atoms with Gasteiger partial charge < -0.3 is 11.1 Å². The van der Waals surface area contributed by atoms with Crippen molar-refractivity contribution in [1.29, 1.82) is 0 Å². The normalized spacial score (nSPS) is 12.2. The minimum atomic E-state index is -0.346. The van der Waals surface area contributed by atoms with Gasteiger partial charge in [-0.3, -0.25) is 4.79 Å². The predicted molar refractivity (Wildman–Crippen MR) is 56.8 cm³/mol. The third-order valence-electron chi connectivity index (χ3n) is 2.17. The van der Waals surface area contributed by atoms with Crippen LogP contribution >= 0.6 is 0 Å². The first kappa shape index (κ1) is 11.7. The minimum Gasteiger partial charge on any atom is -0.359 e. The van der Waals surface area contributed by atoms with E-state index in [9.17, 15) is 9.18 Å². The van der Waals surface area contributed by atoms with Crippen molar-refractivity contribution in [3.8, 4) is 0 Å². The monoisotopic (exact) mass is 210 g/mol. The summed E-state index contributed by atoms with van der Waals surface area (Å²) in [6.45, 7) is 0. The van der Waals surface area contributed by atoms with Crippen LogP contribution in [0.15, 0.2) is 24.3 Å². The lowest BCUT2D eigenvalue weighted by Crippen LogP contribution is -2.31. The maximum absolute atomic E-state index is 13.2. The van der Waals surface area contributed by atoms with Crippen LogP contribution in [0.4, 0.5) is 4.39 Å². The Morgan fingerprint density at radius 3 is 2.80 bits per heavy atom. The van der Waals surface area contributed by atoms with E-state index >= 15 is 0 Å². The van der Waals surface area contributed by atoms with E-state index in [2.05, 4.69) is 5.32 Å². The summed E-state index contributed by atoms with van der Waals surface area (Å²) in [6, 6.07) is 6.11. The number of benzene rings is 1. The highest BCUT2D eigenvalue weighted by Crippen LogP contribution is 2.09. The van der Waals surface area contributed by atoms with E-state index in [0.29, 0.717) is 12.0 Å². The number of hydrogen-bond acceptors (Lipinski definition) is 2. The summed E-state index contributed by atoms with van der Waals surface area (Å²) in [5.74, 6) is -0.399. The molecule has 3 nitrogen and oxygen atoms in total. The lowest BCUT2D eigenvalue weighted by atomic mass is 10.0. The molecule has 1 aromatic rings. The fraction of sp³-hybridized carbons (Fsp3) is 0.364. The van der Waals surface area contributed by atoms with Gasteiger partial charge in [-0.05, 0) is 18.1 Å². The molecule has 3 N–H and O–H groups in total. The Balaban J connectivity index is 2.55. The highest BCUT2D eigenvalue weighted by atomic mass is 19.1. The number of hydrogen-bond donors (Lipinski definition) is 2. The first-order chi connectivity index (χ1) is 7.13. The molecule has 82 valence electrons. The Bertz CT molecular complexity index is 341. The maximum Gasteiger partial charge on any atom is 0.221 e. The van der Waals surface area contributed by atoms with Gasteiger partial charge in [-0.25, -0.2) is 4.39 Å². The third kappa shape index (κ3) is 3.67. The molecule has 0 radical (unpaired) electrons. The fourth-order valence-corrected chi connectivity index (χ4v) is 1.36. The molecule has 0 aliphatic heterocycles. The molecule has 1 rings (SSSR count). The van der Waals surface area contributed by atoms with Crippen molar-refractivity contribution >= 4 is 5.91 Å². The second-order valence-corrected chi connectivity index (χ2v) is 3.43. The Labute approximate surface area is 88.5 Å². The summed E-state index contributed by atoms with van der Waals surface area (Å²) in [4.78, 5) is 11.0. The van der Waals surface area contributed by atoms with Crippen LogP contribution in [0.5, 0.6) is 0 Å². The molecule has 1 aromatic carbocycles. The fourth-order valence-electron chi connectivity index (χ4n) is 1.36. The molecule has 15 heavy (non-hydrogen) atoms. The molecule has 1 unspecified atom stereocenters. The van der Waals surface area contributed by atoms with Crippen molar-refractivity contribution in [2.45, 2.75) is 18.9 Å². The van der Waals surface area contributed by atoms with Crippen molar-refractivity contribution in [2.75, 3.05) is 7.05 Å². The van der Waals surface area contributed by atoms with E-state index in [4.69, 9.17) is 5.73 Å². The molecule has 0 bridgehead atoms. The Hall–Kier alpha value is -1.42. The topological polar surface area (TPSA) is 55.1 Å². The average Bonchev–Trinajstić information content (AvgIpc) is 2.21. The van der Waals surface area contributed by atoms with Gasteiger partial charge in [0.05, 0.1) is 0 Å². The van der Waals surface area contributed by atoms with Gasteiger partial charge in [-0.1, -0.05) is 18.2 Å². The molecule has 1 amide bonds. The van der Waals surface area contributed by atoms with Crippen LogP contribution in [0.1, 0.15) is 12.0 Å². The first-order valence-corrected chi connectivity index (χ1v) is 4.83. The molecule has 0 fully saturated rings. The average molecular weight is 210 g/mol. The number of rotatable bonds is 4. The number of nitrogens with one attached hydrogen (secondary N) is 1. The van der Waals surface area contributed by atoms with Crippen molar-refractivity contribution in [3.63, 3.8) is 0 Å². The van der Waals surface area contributed by atoms with Crippen molar-refractivity contribution in [2.24, 2.45) is 5.73 Å². The van der Waals surface area contributed by atoms with Gasteiger partial charge in [0, 0.05) is 19.5 Å². The van der Waals surface area contributed by atoms with Crippen LogP contribution < -0.4 is 11.1 Å². The molecule has 0 spiro atoms. The van der Waals surface area contributed by atoms with Gasteiger partial charge in [-0.15, -0.1) is 0 Å². The number of carbonyl (C=O) groups excluding carboxylic acids is 1. The van der Waals surface area contributed by atoms with E-state index in [1.807, 2.05) is 0 Å². The van der Waals surface area contributed by atoms with Crippen LogP contribution in [0, 0.1) is 5.82 Å². The van der Waals surface area contributed by atoms with Crippen LogP contribution in [0.25, 0.3) is 0 Å². The molecular weight excluding hydrogens is 195 g/mol. The van der Waals surface area contributed by atoms with Crippen LogP contribution in [-0.4, -0.2) is 19.0 Å². The van der Waals surface area contributed by atoms with Gasteiger partial charge in [0.25, 0.3) is 0 Å². The predicted octanol–water partition coefficient (Wildman–Crippen LogP) is 0.832. The van der Waals surface area contributed by atoms with Crippen LogP contribution in [0.3, 0.4) is 0 Å². The number of amides is 1. The van der Waals surface area contributed by atoms with Crippen LogP contribution in [-0.2, 0) is 11.2 Å². The Morgan fingerprint density at radius 1 is 1.53 bits per heavy atom. The lowest BCUT2D eigenvalue weighted by Gasteiger charge is -2.10. The van der Waals surface area contributed by atoms with Gasteiger partial charge in [0.2, 0.25) is 5.91 Å². The summed E-state index contributed by atoms with van der Waals surface area (Å²) in [6.07, 6.45) is 0.588. The molecule has 4 heteroatoms. The van der Waals surface area contributed by atoms with E-state index in [1.165, 1.54) is 6.07 Å². The van der Waals surface area contributed by atoms with E-state index in [0.717, 1.165) is 0 Å². The Kier molecular flexibility index (Phi) is 4.24. The lowest BCUT2D eigenvalue weighted by molar-refractivity contribution is -0.120. The van der Waals surface area contributed by atoms with Gasteiger partial charge in [-0.2, -0.15) is 0 Å². The van der Waals surface area contributed by atoms with Crippen molar-refractivity contribution in [3.05, 3.63) is 35.6 Å². The minimum absolute atomic E-state index is 0.126. The highest BCUT2D eigenvalue weighted by molar-refractivity contribution is 5.76. The third-order valence-corrected chi connectivity index (χ3v) is 2.17. The second-order valence-electron chi connectivity index (χ2n) is 3.43. The molecule has 0 saturated carbocycles. The molecule has 0 aliphatic carbocycles. The van der Waals surface area contributed by atoms with E-state index < -0.39 is 0 Å². The zero-order chi connectivity index (χ0) is 11.3. The van der Waals surface area contributed by atoms with E-state index in [-0.39, 0.29) is 24.2 Å². The summed E-state index contributed by atoms with van der Waals surface area (Å²) < 4.78 is 13.2. The second kappa shape index (κ2) is 5.46. The van der Waals surface area contributed by atoms with Gasteiger partial charge in [0.1, 0.15) is 5.82 Å². The summed E-state index contributed by atoms with van der Waals surface area (Å²) in [7, 11) is 1.55. The van der Waals surface area contributed by atoms with Crippen molar-refractivity contribution < 1.29 is 9.18 Å². The molecule has 1 atom stereocenters. The number of halogens is 1. The first-order valence-electron chi connectivity index (χ1n) is 4.83. The molecular formula is C11H15FN2O. The quantitative estimate of drug-likeness (QED) is 0.773.